The second-order valence-electron chi connectivity index (χ2n) is 7.64. The standard InChI is InChI=1S/C25H23N5O3/c31-11-12-33-24-13-18(17-7-9-26-10-8-17)5-6-21(24)29-25(32)28-15-23-20-4-2-1-3-19(20)22-14-27-16-30(22)23/h1-10,13-14,16,23,31H,11-12,15H2,(H2,28,29,32). The molecule has 0 radical (unpaired) electrons. The van der Waals surface area contributed by atoms with Crippen molar-refractivity contribution in [1.82, 2.24) is 19.9 Å². The van der Waals surface area contributed by atoms with Gasteiger partial charge in [0.2, 0.25) is 0 Å². The van der Waals surface area contributed by atoms with Crippen molar-refractivity contribution >= 4 is 11.7 Å². The summed E-state index contributed by atoms with van der Waals surface area (Å²) in [5.41, 5.74) is 5.76. The van der Waals surface area contributed by atoms with Gasteiger partial charge in [-0.2, -0.15) is 0 Å². The molecule has 5 rings (SSSR count). The van der Waals surface area contributed by atoms with Crippen molar-refractivity contribution in [3.63, 3.8) is 0 Å². The number of fused-ring (bicyclic) bond motifs is 3. The number of ether oxygens (including phenoxy) is 1. The quantitative estimate of drug-likeness (QED) is 0.406. The summed E-state index contributed by atoms with van der Waals surface area (Å²) in [5.74, 6) is 0.483. The number of pyridine rings is 1. The second-order valence-corrected chi connectivity index (χ2v) is 7.64. The van der Waals surface area contributed by atoms with E-state index in [4.69, 9.17) is 4.74 Å². The van der Waals surface area contributed by atoms with Crippen LogP contribution in [0.5, 0.6) is 5.75 Å². The summed E-state index contributed by atoms with van der Waals surface area (Å²) in [6.45, 7) is 0.409. The van der Waals surface area contributed by atoms with Crippen molar-refractivity contribution < 1.29 is 14.6 Å². The van der Waals surface area contributed by atoms with Crippen molar-refractivity contribution in [2.75, 3.05) is 25.1 Å². The lowest BCUT2D eigenvalue weighted by Crippen LogP contribution is -2.33. The number of imidazole rings is 1. The van der Waals surface area contributed by atoms with Crippen LogP contribution in [-0.2, 0) is 0 Å². The number of hydrogen-bond acceptors (Lipinski definition) is 5. The van der Waals surface area contributed by atoms with Gasteiger partial charge in [0, 0.05) is 24.5 Å². The molecule has 2 aromatic heterocycles. The van der Waals surface area contributed by atoms with E-state index in [0.29, 0.717) is 18.0 Å². The van der Waals surface area contributed by atoms with E-state index < -0.39 is 0 Å². The fourth-order valence-corrected chi connectivity index (χ4v) is 4.12. The molecule has 3 N–H and O–H groups in total. The number of aliphatic hydroxyl groups is 1. The fraction of sp³-hybridized carbons (Fsp3) is 0.160. The highest BCUT2D eigenvalue weighted by atomic mass is 16.5. The summed E-state index contributed by atoms with van der Waals surface area (Å²) in [5, 5.41) is 15.0. The maximum absolute atomic E-state index is 12.8. The van der Waals surface area contributed by atoms with E-state index in [-0.39, 0.29) is 25.3 Å². The number of benzene rings is 2. The monoisotopic (exact) mass is 441 g/mol. The van der Waals surface area contributed by atoms with E-state index in [2.05, 4.69) is 37.3 Å². The molecule has 2 amide bonds. The average molecular weight is 441 g/mol. The molecule has 166 valence electrons. The van der Waals surface area contributed by atoms with Crippen LogP contribution in [0.2, 0.25) is 0 Å². The summed E-state index contributed by atoms with van der Waals surface area (Å²) < 4.78 is 7.76. The summed E-state index contributed by atoms with van der Waals surface area (Å²) in [6, 6.07) is 17.1. The van der Waals surface area contributed by atoms with Crippen LogP contribution in [-0.4, -0.2) is 45.4 Å². The molecule has 0 saturated carbocycles. The number of nitrogens with one attached hydrogen (secondary N) is 2. The molecule has 2 aromatic carbocycles. The smallest absolute Gasteiger partial charge is 0.319 e. The lowest BCUT2D eigenvalue weighted by atomic mass is 10.0. The van der Waals surface area contributed by atoms with Gasteiger partial charge in [-0.25, -0.2) is 9.78 Å². The molecular formula is C25H23N5O3. The summed E-state index contributed by atoms with van der Waals surface area (Å²) >= 11 is 0. The number of rotatable bonds is 7. The Bertz CT molecular complexity index is 1270. The maximum Gasteiger partial charge on any atom is 0.319 e. The van der Waals surface area contributed by atoms with Crippen LogP contribution >= 0.6 is 0 Å². The molecule has 1 unspecified atom stereocenters. The predicted molar refractivity (Wildman–Crippen MR) is 125 cm³/mol. The van der Waals surface area contributed by atoms with Crippen molar-refractivity contribution in [3.8, 4) is 28.1 Å². The van der Waals surface area contributed by atoms with Crippen molar-refractivity contribution in [3.05, 3.63) is 85.1 Å². The Morgan fingerprint density at radius 1 is 1.06 bits per heavy atom. The van der Waals surface area contributed by atoms with Crippen LogP contribution in [0.3, 0.4) is 0 Å². The third-order valence-electron chi connectivity index (χ3n) is 5.65. The Hall–Kier alpha value is -4.17. The van der Waals surface area contributed by atoms with Gasteiger partial charge >= 0.3 is 6.03 Å². The first-order valence-electron chi connectivity index (χ1n) is 10.7. The number of nitrogens with zero attached hydrogens (tertiary/aromatic N) is 3. The van der Waals surface area contributed by atoms with Crippen molar-refractivity contribution in [2.45, 2.75) is 6.04 Å². The predicted octanol–water partition coefficient (Wildman–Crippen LogP) is 3.71. The molecule has 8 heteroatoms. The Labute approximate surface area is 190 Å². The highest BCUT2D eigenvalue weighted by Gasteiger charge is 2.28. The molecule has 8 nitrogen and oxygen atoms in total. The minimum Gasteiger partial charge on any atom is -0.489 e. The molecule has 0 fully saturated rings. The largest absolute Gasteiger partial charge is 0.489 e. The van der Waals surface area contributed by atoms with Crippen LogP contribution in [0, 0.1) is 0 Å². The number of aromatic nitrogens is 3. The Kier molecular flexibility index (Phi) is 5.73. The van der Waals surface area contributed by atoms with Gasteiger partial charge in [-0.1, -0.05) is 30.3 Å². The average Bonchev–Trinajstić information content (AvgIpc) is 3.44. The third kappa shape index (κ3) is 4.16. The molecule has 4 aromatic rings. The van der Waals surface area contributed by atoms with Gasteiger partial charge in [0.05, 0.1) is 36.6 Å². The lowest BCUT2D eigenvalue weighted by Gasteiger charge is -2.17. The summed E-state index contributed by atoms with van der Waals surface area (Å²) in [6.07, 6.45) is 7.07. The number of urea groups is 1. The molecule has 1 aliphatic rings. The number of anilines is 1. The fourth-order valence-electron chi connectivity index (χ4n) is 4.12. The van der Waals surface area contributed by atoms with Crippen LogP contribution in [0.1, 0.15) is 11.6 Å². The first kappa shape index (κ1) is 20.7. The van der Waals surface area contributed by atoms with E-state index in [9.17, 15) is 9.90 Å². The van der Waals surface area contributed by atoms with Gasteiger partial charge in [-0.3, -0.25) is 4.98 Å². The van der Waals surface area contributed by atoms with Gasteiger partial charge < -0.3 is 25.0 Å². The number of aliphatic hydroxyl groups excluding tert-OH is 1. The number of amides is 2. The van der Waals surface area contributed by atoms with Gasteiger partial charge in [0.15, 0.2) is 0 Å². The molecule has 0 aliphatic carbocycles. The van der Waals surface area contributed by atoms with Crippen molar-refractivity contribution in [2.24, 2.45) is 0 Å². The first-order valence-corrected chi connectivity index (χ1v) is 10.7. The first-order chi connectivity index (χ1) is 16.2. The Morgan fingerprint density at radius 3 is 2.76 bits per heavy atom. The molecule has 1 aliphatic heterocycles. The summed E-state index contributed by atoms with van der Waals surface area (Å²) in [7, 11) is 0. The zero-order chi connectivity index (χ0) is 22.6. The van der Waals surface area contributed by atoms with Gasteiger partial charge in [0.1, 0.15) is 12.4 Å². The molecule has 3 heterocycles. The van der Waals surface area contributed by atoms with Crippen LogP contribution < -0.4 is 15.4 Å². The number of carbonyl (C=O) groups is 1. The normalized spacial score (nSPS) is 13.8. The Balaban J connectivity index is 1.31. The second kappa shape index (κ2) is 9.13. The van der Waals surface area contributed by atoms with E-state index in [0.717, 1.165) is 27.9 Å². The summed E-state index contributed by atoms with van der Waals surface area (Å²) in [4.78, 5) is 21.0. The topological polar surface area (TPSA) is 101 Å². The Morgan fingerprint density at radius 2 is 1.91 bits per heavy atom. The van der Waals surface area contributed by atoms with Crippen LogP contribution in [0.25, 0.3) is 22.4 Å². The lowest BCUT2D eigenvalue weighted by molar-refractivity contribution is 0.202. The minimum absolute atomic E-state index is 0.0244. The van der Waals surface area contributed by atoms with E-state index in [1.807, 2.05) is 42.6 Å². The third-order valence-corrected chi connectivity index (χ3v) is 5.65. The maximum atomic E-state index is 12.8. The van der Waals surface area contributed by atoms with Gasteiger partial charge in [-0.15, -0.1) is 0 Å². The highest BCUT2D eigenvalue weighted by Crippen LogP contribution is 2.38. The van der Waals surface area contributed by atoms with Crippen LogP contribution in [0.4, 0.5) is 10.5 Å². The number of hydrogen-bond donors (Lipinski definition) is 3. The molecule has 0 bridgehead atoms. The van der Waals surface area contributed by atoms with Crippen LogP contribution in [0.15, 0.2) is 79.5 Å². The zero-order valence-electron chi connectivity index (χ0n) is 17.8. The molecular weight excluding hydrogens is 418 g/mol. The van der Waals surface area contributed by atoms with E-state index >= 15 is 0 Å². The van der Waals surface area contributed by atoms with Gasteiger partial charge in [0.25, 0.3) is 0 Å². The van der Waals surface area contributed by atoms with Crippen molar-refractivity contribution in [1.29, 1.82) is 0 Å². The molecule has 0 saturated heterocycles. The number of carbonyl (C=O) groups excluding carboxylic acids is 1. The highest BCUT2D eigenvalue weighted by molar-refractivity contribution is 5.91. The van der Waals surface area contributed by atoms with E-state index in [1.54, 1.807) is 24.8 Å². The molecule has 1 atom stereocenters. The van der Waals surface area contributed by atoms with Gasteiger partial charge in [-0.05, 0) is 41.0 Å². The zero-order valence-corrected chi connectivity index (χ0v) is 17.8. The molecule has 0 spiro atoms. The van der Waals surface area contributed by atoms with E-state index in [1.165, 1.54) is 0 Å². The SMILES string of the molecule is O=C(NCC1c2ccccc2-c2cncn21)Nc1ccc(-c2ccncc2)cc1OCCO. The molecule has 33 heavy (non-hydrogen) atoms. The minimum atomic E-state index is -0.341.